The summed E-state index contributed by atoms with van der Waals surface area (Å²) in [7, 11) is 0. The fraction of sp³-hybridized carbons (Fsp3) is 0. The Kier molecular flexibility index (Phi) is 4.17. The van der Waals surface area contributed by atoms with Crippen LogP contribution in [0.1, 0.15) is 10.4 Å². The number of aromatic nitrogens is 2. The van der Waals surface area contributed by atoms with Gasteiger partial charge in [-0.15, -0.1) is 0 Å². The Bertz CT molecular complexity index is 488. The van der Waals surface area contributed by atoms with E-state index in [0.717, 1.165) is 0 Å². The Hall–Kier alpha value is -1.71. The van der Waals surface area contributed by atoms with Gasteiger partial charge < -0.3 is 10.5 Å². The number of carbonyl (C=O) groups excluding carboxylic acids is 1. The molecule has 2 aromatic rings. The molecule has 1 amide bonds. The molecule has 2 rings (SSSR count). The Balaban J connectivity index is 0.00000128. The van der Waals surface area contributed by atoms with E-state index in [-0.39, 0.29) is 22.6 Å². The van der Waals surface area contributed by atoms with Crippen molar-refractivity contribution in [3.8, 4) is 11.4 Å². The van der Waals surface area contributed by atoms with Crippen LogP contribution in [-0.2, 0) is 17.1 Å². The maximum atomic E-state index is 11.0. The van der Waals surface area contributed by atoms with Crippen molar-refractivity contribution in [1.29, 1.82) is 0 Å². The molecule has 16 heavy (non-hydrogen) atoms. The smallest absolute Gasteiger partial charge is 0.0978 e. The summed E-state index contributed by atoms with van der Waals surface area (Å²) in [4.78, 5) is 19.2. The summed E-state index contributed by atoms with van der Waals surface area (Å²) in [6.07, 6.45) is 3.21. The molecule has 0 radical (unpaired) electrons. The van der Waals surface area contributed by atoms with E-state index in [1.54, 1.807) is 36.7 Å². The first-order chi connectivity index (χ1) is 7.29. The molecule has 1 N–H and O–H groups in total. The average molecular weight is 254 g/mol. The van der Waals surface area contributed by atoms with Crippen molar-refractivity contribution in [2.75, 3.05) is 0 Å². The summed E-state index contributed by atoms with van der Waals surface area (Å²) in [5.41, 5.74) is 8.44. The third-order valence-corrected chi connectivity index (χ3v) is 1.96. The molecule has 0 bridgehead atoms. The molecule has 0 saturated carbocycles. The Morgan fingerprint density at radius 2 is 1.81 bits per heavy atom. The molecule has 0 saturated heterocycles. The largest absolute Gasteiger partial charge is 0.663 e. The van der Waals surface area contributed by atoms with Crippen molar-refractivity contribution >= 4 is 5.91 Å². The van der Waals surface area contributed by atoms with Gasteiger partial charge in [0.15, 0.2) is 0 Å². The summed E-state index contributed by atoms with van der Waals surface area (Å²) in [6.45, 7) is 0. The number of nitrogens with zero attached hydrogens (tertiary/aromatic N) is 2. The fourth-order valence-electron chi connectivity index (χ4n) is 1.30. The van der Waals surface area contributed by atoms with Crippen molar-refractivity contribution in [2.45, 2.75) is 0 Å². The van der Waals surface area contributed by atoms with Crippen LogP contribution in [-0.4, -0.2) is 15.9 Å². The van der Waals surface area contributed by atoms with Crippen LogP contribution in [0.25, 0.3) is 17.1 Å². The number of rotatable bonds is 2. The first kappa shape index (κ1) is 12.4. The van der Waals surface area contributed by atoms with E-state index < -0.39 is 5.91 Å². The topological polar surface area (TPSA) is 66.7 Å². The number of amides is 1. The van der Waals surface area contributed by atoms with E-state index in [4.69, 9.17) is 5.73 Å². The summed E-state index contributed by atoms with van der Waals surface area (Å²) >= 11 is 0. The molecule has 0 aliphatic carbocycles. The standard InChI is InChI=1S/C11H9N3O.Fe/c12-11(15)8-4-3-7-14-10(8)9-5-1-2-6-13-9;/h1-7H,(H2,12,15);/p-1. The second-order valence-corrected chi connectivity index (χ2v) is 2.94. The van der Waals surface area contributed by atoms with Crippen LogP contribution in [0.4, 0.5) is 0 Å². The van der Waals surface area contributed by atoms with Crippen molar-refractivity contribution in [2.24, 2.45) is 0 Å². The number of nitrogens with one attached hydrogen (secondary N) is 1. The summed E-state index contributed by atoms with van der Waals surface area (Å²) in [6, 6.07) is 8.57. The van der Waals surface area contributed by atoms with E-state index in [0.29, 0.717) is 11.4 Å². The minimum Gasteiger partial charge on any atom is -0.663 e. The summed E-state index contributed by atoms with van der Waals surface area (Å²) < 4.78 is 0. The molecule has 0 aromatic carbocycles. The van der Waals surface area contributed by atoms with Crippen LogP contribution in [0, 0.1) is 0 Å². The maximum absolute atomic E-state index is 11.0. The monoisotopic (exact) mass is 254 g/mol. The second-order valence-electron chi connectivity index (χ2n) is 2.94. The molecular weight excluding hydrogens is 246 g/mol. The van der Waals surface area contributed by atoms with Gasteiger partial charge in [0.05, 0.1) is 17.3 Å². The van der Waals surface area contributed by atoms with Gasteiger partial charge in [0.25, 0.3) is 0 Å². The Morgan fingerprint density at radius 3 is 2.44 bits per heavy atom. The van der Waals surface area contributed by atoms with Crippen molar-refractivity contribution < 1.29 is 21.9 Å². The van der Waals surface area contributed by atoms with Crippen molar-refractivity contribution in [1.82, 2.24) is 9.97 Å². The molecule has 2 aromatic heterocycles. The first-order valence-electron chi connectivity index (χ1n) is 4.41. The van der Waals surface area contributed by atoms with E-state index in [1.165, 1.54) is 0 Å². The van der Waals surface area contributed by atoms with Crippen LogP contribution in [0.5, 0.6) is 0 Å². The average Bonchev–Trinajstić information content (AvgIpc) is 2.30. The second kappa shape index (κ2) is 5.39. The molecule has 0 aliphatic rings. The number of hydrogen-bond donors (Lipinski definition) is 0. The minimum atomic E-state index is -0.747. The Labute approximate surface area is 103 Å². The molecule has 2 heterocycles. The molecule has 0 atom stereocenters. The quantitative estimate of drug-likeness (QED) is 0.772. The molecular formula is C11H8FeN3O-. The molecule has 0 aliphatic heterocycles. The molecule has 4 nitrogen and oxygen atoms in total. The molecule has 82 valence electrons. The zero-order valence-electron chi connectivity index (χ0n) is 8.20. The van der Waals surface area contributed by atoms with Crippen LogP contribution in [0.3, 0.4) is 0 Å². The van der Waals surface area contributed by atoms with Gasteiger partial charge in [-0.05, 0) is 24.3 Å². The normalized spacial score (nSPS) is 9.25. The van der Waals surface area contributed by atoms with Crippen molar-refractivity contribution in [3.05, 3.63) is 54.0 Å². The third kappa shape index (κ3) is 2.45. The van der Waals surface area contributed by atoms with Crippen molar-refractivity contribution in [3.63, 3.8) is 0 Å². The van der Waals surface area contributed by atoms with Crippen LogP contribution < -0.4 is 0 Å². The van der Waals surface area contributed by atoms with E-state index in [1.807, 2.05) is 6.07 Å². The molecule has 5 heteroatoms. The molecule has 0 fully saturated rings. The minimum absolute atomic E-state index is 0. The van der Waals surface area contributed by atoms with Gasteiger partial charge in [0.2, 0.25) is 0 Å². The van der Waals surface area contributed by atoms with E-state index >= 15 is 0 Å². The zero-order chi connectivity index (χ0) is 10.7. The first-order valence-corrected chi connectivity index (χ1v) is 4.41. The van der Waals surface area contributed by atoms with Gasteiger partial charge >= 0.3 is 0 Å². The Morgan fingerprint density at radius 1 is 1.06 bits per heavy atom. The van der Waals surface area contributed by atoms with Gasteiger partial charge in [-0.1, -0.05) is 6.07 Å². The number of hydrogen-bond acceptors (Lipinski definition) is 3. The van der Waals surface area contributed by atoms with Gasteiger partial charge in [0, 0.05) is 35.0 Å². The molecule has 0 spiro atoms. The predicted molar refractivity (Wildman–Crippen MR) is 56.1 cm³/mol. The van der Waals surface area contributed by atoms with Gasteiger partial charge in [-0.3, -0.25) is 9.97 Å². The van der Waals surface area contributed by atoms with E-state index in [9.17, 15) is 4.79 Å². The van der Waals surface area contributed by atoms with Gasteiger partial charge in [-0.25, -0.2) is 0 Å². The number of pyridine rings is 2. The summed E-state index contributed by atoms with van der Waals surface area (Å²) in [5, 5.41) is 0. The maximum Gasteiger partial charge on any atom is 0.0978 e. The van der Waals surface area contributed by atoms with Crippen LogP contribution in [0.2, 0.25) is 0 Å². The van der Waals surface area contributed by atoms with E-state index in [2.05, 4.69) is 9.97 Å². The SMILES string of the molecule is [Fe].[NH-]C(=O)c1cccnc1-c1ccccn1. The van der Waals surface area contributed by atoms with Crippen LogP contribution in [0.15, 0.2) is 42.7 Å². The molecule has 0 unspecified atom stereocenters. The summed E-state index contributed by atoms with van der Waals surface area (Å²) in [5.74, 6) is -0.747. The zero-order valence-corrected chi connectivity index (χ0v) is 9.30. The van der Waals surface area contributed by atoms with Gasteiger partial charge in [-0.2, -0.15) is 0 Å². The van der Waals surface area contributed by atoms with Crippen LogP contribution >= 0.6 is 0 Å². The predicted octanol–water partition coefficient (Wildman–Crippen LogP) is 2.33. The van der Waals surface area contributed by atoms with Gasteiger partial charge in [0.1, 0.15) is 0 Å². The third-order valence-electron chi connectivity index (χ3n) is 1.96. The number of carbonyl (C=O) groups is 1. The fourth-order valence-corrected chi connectivity index (χ4v) is 1.30.